The Morgan fingerprint density at radius 1 is 1.47 bits per heavy atom. The van der Waals surface area contributed by atoms with Crippen molar-refractivity contribution in [3.05, 3.63) is 0 Å². The van der Waals surface area contributed by atoms with Crippen molar-refractivity contribution in [3.63, 3.8) is 0 Å². The molecule has 15 heavy (non-hydrogen) atoms. The lowest BCUT2D eigenvalue weighted by Gasteiger charge is -2.28. The van der Waals surface area contributed by atoms with Gasteiger partial charge in [-0.2, -0.15) is 0 Å². The summed E-state index contributed by atoms with van der Waals surface area (Å²) >= 11 is 0. The SMILES string of the molecule is CC(C)(N)CNC(=O)[C@H]1CCCC[C@@H]1O. The first-order valence-corrected chi connectivity index (χ1v) is 5.65. The zero-order valence-corrected chi connectivity index (χ0v) is 9.62. The molecule has 0 aromatic carbocycles. The van der Waals surface area contributed by atoms with Crippen LogP contribution in [0, 0.1) is 5.92 Å². The summed E-state index contributed by atoms with van der Waals surface area (Å²) in [4.78, 5) is 11.7. The summed E-state index contributed by atoms with van der Waals surface area (Å²) in [6, 6.07) is 0. The fraction of sp³-hybridized carbons (Fsp3) is 0.909. The van der Waals surface area contributed by atoms with Crippen molar-refractivity contribution < 1.29 is 9.90 Å². The molecule has 1 fully saturated rings. The quantitative estimate of drug-likeness (QED) is 0.636. The summed E-state index contributed by atoms with van der Waals surface area (Å²) in [6.45, 7) is 4.18. The Kier molecular flexibility index (Phi) is 4.11. The highest BCUT2D eigenvalue weighted by atomic mass is 16.3. The molecule has 0 aliphatic heterocycles. The second-order valence-corrected chi connectivity index (χ2v) is 5.16. The Morgan fingerprint density at radius 3 is 2.60 bits per heavy atom. The van der Waals surface area contributed by atoms with E-state index in [1.54, 1.807) is 0 Å². The lowest BCUT2D eigenvalue weighted by molar-refractivity contribution is -0.130. The van der Waals surface area contributed by atoms with Crippen LogP contribution in [0.2, 0.25) is 0 Å². The van der Waals surface area contributed by atoms with Crippen LogP contribution < -0.4 is 11.1 Å². The third-order valence-electron chi connectivity index (χ3n) is 2.78. The first kappa shape index (κ1) is 12.5. The van der Waals surface area contributed by atoms with Crippen LogP contribution >= 0.6 is 0 Å². The zero-order valence-electron chi connectivity index (χ0n) is 9.62. The predicted octanol–water partition coefficient (Wildman–Crippen LogP) is 0.391. The fourth-order valence-corrected chi connectivity index (χ4v) is 1.86. The Morgan fingerprint density at radius 2 is 2.07 bits per heavy atom. The van der Waals surface area contributed by atoms with Gasteiger partial charge in [0, 0.05) is 12.1 Å². The predicted molar refractivity (Wildman–Crippen MR) is 59.2 cm³/mol. The standard InChI is InChI=1S/C11H22N2O2/c1-11(2,12)7-13-10(15)8-5-3-4-6-9(8)14/h8-9,14H,3-7,12H2,1-2H3,(H,13,15)/t8-,9-/m0/s1. The number of aliphatic hydroxyl groups excluding tert-OH is 1. The van der Waals surface area contributed by atoms with E-state index in [0.29, 0.717) is 6.54 Å². The lowest BCUT2D eigenvalue weighted by atomic mass is 9.86. The molecular weight excluding hydrogens is 192 g/mol. The molecule has 0 heterocycles. The minimum absolute atomic E-state index is 0.0549. The number of carbonyl (C=O) groups excluding carboxylic acids is 1. The molecule has 0 saturated heterocycles. The van der Waals surface area contributed by atoms with E-state index < -0.39 is 11.6 Å². The molecule has 4 N–H and O–H groups in total. The van der Waals surface area contributed by atoms with E-state index in [1.165, 1.54) is 0 Å². The summed E-state index contributed by atoms with van der Waals surface area (Å²) < 4.78 is 0. The van der Waals surface area contributed by atoms with Gasteiger partial charge in [0.05, 0.1) is 12.0 Å². The lowest BCUT2D eigenvalue weighted by Crippen LogP contribution is -2.48. The number of hydrogen-bond acceptors (Lipinski definition) is 3. The van der Waals surface area contributed by atoms with Crippen LogP contribution in [-0.4, -0.2) is 29.2 Å². The molecule has 0 unspecified atom stereocenters. The Labute approximate surface area is 91.2 Å². The number of hydrogen-bond donors (Lipinski definition) is 3. The summed E-state index contributed by atoms with van der Waals surface area (Å²) in [6.07, 6.45) is 3.11. The van der Waals surface area contributed by atoms with Gasteiger partial charge < -0.3 is 16.2 Å². The highest BCUT2D eigenvalue weighted by Crippen LogP contribution is 2.24. The van der Waals surface area contributed by atoms with Gasteiger partial charge in [-0.05, 0) is 26.7 Å². The van der Waals surface area contributed by atoms with E-state index >= 15 is 0 Å². The van der Waals surface area contributed by atoms with Crippen LogP contribution in [-0.2, 0) is 4.79 Å². The Bertz CT molecular complexity index is 223. The van der Waals surface area contributed by atoms with Gasteiger partial charge in [-0.1, -0.05) is 12.8 Å². The van der Waals surface area contributed by atoms with E-state index in [2.05, 4.69) is 5.32 Å². The first-order valence-electron chi connectivity index (χ1n) is 5.65. The van der Waals surface area contributed by atoms with Crippen molar-refractivity contribution in [2.75, 3.05) is 6.54 Å². The maximum Gasteiger partial charge on any atom is 0.225 e. The summed E-state index contributed by atoms with van der Waals surface area (Å²) in [7, 11) is 0. The molecule has 1 amide bonds. The minimum atomic E-state index is -0.473. The van der Waals surface area contributed by atoms with Crippen LogP contribution in [0.5, 0.6) is 0 Å². The van der Waals surface area contributed by atoms with Crippen molar-refractivity contribution in [3.8, 4) is 0 Å². The van der Waals surface area contributed by atoms with Gasteiger partial charge in [0.15, 0.2) is 0 Å². The van der Waals surface area contributed by atoms with Gasteiger partial charge in [0.25, 0.3) is 0 Å². The molecule has 4 nitrogen and oxygen atoms in total. The second kappa shape index (κ2) is 4.94. The van der Waals surface area contributed by atoms with Gasteiger partial charge in [-0.15, -0.1) is 0 Å². The number of nitrogens with one attached hydrogen (secondary N) is 1. The largest absolute Gasteiger partial charge is 0.392 e. The number of rotatable bonds is 3. The molecule has 1 saturated carbocycles. The maximum atomic E-state index is 11.7. The topological polar surface area (TPSA) is 75.3 Å². The molecule has 0 bridgehead atoms. The van der Waals surface area contributed by atoms with E-state index in [4.69, 9.17) is 5.73 Å². The van der Waals surface area contributed by atoms with Crippen LogP contribution in [0.15, 0.2) is 0 Å². The molecule has 0 aromatic heterocycles. The van der Waals surface area contributed by atoms with Gasteiger partial charge in [-0.25, -0.2) is 0 Å². The average molecular weight is 214 g/mol. The van der Waals surface area contributed by atoms with E-state index in [9.17, 15) is 9.90 Å². The third kappa shape index (κ3) is 4.18. The molecule has 4 heteroatoms. The monoisotopic (exact) mass is 214 g/mol. The van der Waals surface area contributed by atoms with Crippen LogP contribution in [0.3, 0.4) is 0 Å². The summed E-state index contributed by atoms with van der Waals surface area (Å²) in [5.74, 6) is -0.290. The minimum Gasteiger partial charge on any atom is -0.392 e. The van der Waals surface area contributed by atoms with Crippen molar-refractivity contribution >= 4 is 5.91 Å². The van der Waals surface area contributed by atoms with Crippen LogP contribution in [0.4, 0.5) is 0 Å². The maximum absolute atomic E-state index is 11.7. The molecule has 2 atom stereocenters. The van der Waals surface area contributed by atoms with Crippen molar-refractivity contribution in [2.24, 2.45) is 11.7 Å². The number of amides is 1. The van der Waals surface area contributed by atoms with Crippen molar-refractivity contribution in [2.45, 2.75) is 51.2 Å². The number of aliphatic hydroxyl groups is 1. The van der Waals surface area contributed by atoms with Crippen LogP contribution in [0.25, 0.3) is 0 Å². The van der Waals surface area contributed by atoms with Crippen molar-refractivity contribution in [1.29, 1.82) is 0 Å². The Balaban J connectivity index is 2.39. The highest BCUT2D eigenvalue weighted by Gasteiger charge is 2.29. The van der Waals surface area contributed by atoms with Crippen molar-refractivity contribution in [1.82, 2.24) is 5.32 Å². The normalized spacial score (nSPS) is 27.5. The smallest absolute Gasteiger partial charge is 0.225 e. The van der Waals surface area contributed by atoms with Gasteiger partial charge in [-0.3, -0.25) is 4.79 Å². The number of carbonyl (C=O) groups is 1. The average Bonchev–Trinajstić information content (AvgIpc) is 2.14. The number of nitrogens with two attached hydrogens (primary N) is 1. The molecule has 1 rings (SSSR count). The second-order valence-electron chi connectivity index (χ2n) is 5.16. The fourth-order valence-electron chi connectivity index (χ4n) is 1.86. The van der Waals surface area contributed by atoms with Crippen LogP contribution in [0.1, 0.15) is 39.5 Å². The van der Waals surface area contributed by atoms with Gasteiger partial charge in [0.2, 0.25) is 5.91 Å². The first-order chi connectivity index (χ1) is 6.90. The zero-order chi connectivity index (χ0) is 11.5. The molecule has 88 valence electrons. The molecular formula is C11H22N2O2. The van der Waals surface area contributed by atoms with E-state index in [-0.39, 0.29) is 11.8 Å². The third-order valence-corrected chi connectivity index (χ3v) is 2.78. The molecule has 0 aromatic rings. The van der Waals surface area contributed by atoms with Gasteiger partial charge >= 0.3 is 0 Å². The summed E-state index contributed by atoms with van der Waals surface area (Å²) in [5, 5.41) is 12.5. The molecule has 0 spiro atoms. The van der Waals surface area contributed by atoms with Gasteiger partial charge in [0.1, 0.15) is 0 Å². The molecule has 1 aliphatic carbocycles. The van der Waals surface area contributed by atoms with E-state index in [0.717, 1.165) is 25.7 Å². The summed E-state index contributed by atoms with van der Waals surface area (Å²) in [5.41, 5.74) is 5.38. The Hall–Kier alpha value is -0.610. The molecule has 1 aliphatic rings. The highest BCUT2D eigenvalue weighted by molar-refractivity contribution is 5.79. The molecule has 0 radical (unpaired) electrons. The van der Waals surface area contributed by atoms with E-state index in [1.807, 2.05) is 13.8 Å².